The number of hydrogen-bond acceptors (Lipinski definition) is 7. The van der Waals surface area contributed by atoms with Crippen LogP contribution in [0, 0.1) is 5.92 Å². The summed E-state index contributed by atoms with van der Waals surface area (Å²) in [6, 6.07) is 23.2. The number of sulfonamides is 1. The van der Waals surface area contributed by atoms with Gasteiger partial charge in [-0.2, -0.15) is 12.6 Å². The Bertz CT molecular complexity index is 1710. The highest BCUT2D eigenvalue weighted by Gasteiger charge is 2.24. The second kappa shape index (κ2) is 16.1. The van der Waals surface area contributed by atoms with Gasteiger partial charge in [0.15, 0.2) is 5.15 Å². The number of nitrogens with zero attached hydrogens (tertiary/aromatic N) is 2. The van der Waals surface area contributed by atoms with E-state index in [0.717, 1.165) is 36.2 Å². The van der Waals surface area contributed by atoms with E-state index in [0.29, 0.717) is 29.8 Å². The fourth-order valence-corrected chi connectivity index (χ4v) is 6.74. The van der Waals surface area contributed by atoms with Crippen LogP contribution in [0.5, 0.6) is 0 Å². The molecule has 0 saturated carbocycles. The Balaban J connectivity index is 1.44. The number of carbonyl (C=O) groups excluding carboxylic acids is 2. The second-order valence-electron chi connectivity index (χ2n) is 10.6. The molecule has 1 atom stereocenters. The van der Waals surface area contributed by atoms with Gasteiger partial charge in [0.05, 0.1) is 29.7 Å². The minimum absolute atomic E-state index is 0.0689. The number of amides is 2. The van der Waals surface area contributed by atoms with Crippen LogP contribution in [0.2, 0.25) is 5.15 Å². The predicted molar refractivity (Wildman–Crippen MR) is 179 cm³/mol. The van der Waals surface area contributed by atoms with E-state index in [1.807, 2.05) is 47.0 Å². The van der Waals surface area contributed by atoms with Gasteiger partial charge in [-0.05, 0) is 35.6 Å². The fourth-order valence-electron chi connectivity index (χ4n) is 4.97. The van der Waals surface area contributed by atoms with Crippen LogP contribution in [0.25, 0.3) is 11.1 Å². The topological polar surface area (TPSA) is 130 Å². The molecule has 0 fully saturated rings. The Kier molecular flexibility index (Phi) is 12.2. The molecule has 1 heterocycles. The summed E-state index contributed by atoms with van der Waals surface area (Å²) in [6.07, 6.45) is 3.12. The normalized spacial score (nSPS) is 12.1. The molecule has 3 N–H and O–H groups in total. The molecule has 9 nitrogen and oxygen atoms in total. The molecular weight excluding hydrogens is 632 g/mol. The van der Waals surface area contributed by atoms with Gasteiger partial charge in [-0.1, -0.05) is 97.7 Å². The molecule has 4 aromatic rings. The largest absolute Gasteiger partial charge is 0.390 e. The first-order valence-corrected chi connectivity index (χ1v) is 17.2. The van der Waals surface area contributed by atoms with Crippen molar-refractivity contribution in [1.29, 1.82) is 0 Å². The summed E-state index contributed by atoms with van der Waals surface area (Å²) in [5.41, 5.74) is 3.47. The number of imidazole rings is 1. The Hall–Kier alpha value is -3.64. The molecule has 4 rings (SSSR count). The van der Waals surface area contributed by atoms with E-state index in [4.69, 9.17) is 11.6 Å². The van der Waals surface area contributed by atoms with Crippen molar-refractivity contribution in [3.05, 3.63) is 107 Å². The third kappa shape index (κ3) is 8.97. The molecule has 238 valence electrons. The molecule has 0 bridgehead atoms. The number of nitrogens with one attached hydrogen (secondary N) is 2. The summed E-state index contributed by atoms with van der Waals surface area (Å²) < 4.78 is 30.6. The quantitative estimate of drug-likeness (QED) is 0.135. The van der Waals surface area contributed by atoms with Crippen LogP contribution >= 0.6 is 24.2 Å². The van der Waals surface area contributed by atoms with Gasteiger partial charge in [-0.25, -0.2) is 18.1 Å². The Morgan fingerprint density at radius 1 is 1.00 bits per heavy atom. The highest BCUT2D eigenvalue weighted by atomic mass is 35.5. The van der Waals surface area contributed by atoms with Gasteiger partial charge in [0, 0.05) is 24.3 Å². The van der Waals surface area contributed by atoms with Crippen LogP contribution in [0.4, 0.5) is 0 Å². The molecule has 0 radical (unpaired) electrons. The molecule has 0 aliphatic heterocycles. The van der Waals surface area contributed by atoms with Crippen molar-refractivity contribution < 1.29 is 23.1 Å². The lowest BCUT2D eigenvalue weighted by Gasteiger charge is -2.16. The first-order valence-electron chi connectivity index (χ1n) is 14.7. The lowest BCUT2D eigenvalue weighted by molar-refractivity contribution is -0.127. The Labute approximate surface area is 274 Å². The lowest BCUT2D eigenvalue weighted by atomic mass is 10.0. The van der Waals surface area contributed by atoms with Crippen LogP contribution in [-0.2, 0) is 45.6 Å². The smallest absolute Gasteiger partial charge is 0.264 e. The molecule has 2 amide bonds. The molecule has 1 aromatic heterocycles. The summed E-state index contributed by atoms with van der Waals surface area (Å²) in [7, 11) is -4.26. The first-order chi connectivity index (χ1) is 21.7. The SMILES string of the molecule is CCCCc1nc(Cl)c(CO)n1Cc1ccc(-c2ccccc2S(=O)(=O)NC(=O)CNC(=O)C(CS)Cc2ccccc2)cc1. The number of unbranched alkanes of at least 4 members (excludes halogenated alkanes) is 1. The van der Waals surface area contributed by atoms with Crippen molar-refractivity contribution in [2.45, 2.75) is 50.7 Å². The van der Waals surface area contributed by atoms with Gasteiger partial charge in [0.25, 0.3) is 15.9 Å². The van der Waals surface area contributed by atoms with Crippen LogP contribution in [0.3, 0.4) is 0 Å². The molecule has 0 aliphatic carbocycles. The van der Waals surface area contributed by atoms with E-state index in [9.17, 15) is 23.1 Å². The maximum atomic E-state index is 13.3. The number of aromatic nitrogens is 2. The van der Waals surface area contributed by atoms with Gasteiger partial charge >= 0.3 is 0 Å². The number of benzene rings is 3. The highest BCUT2D eigenvalue weighted by molar-refractivity contribution is 7.90. The summed E-state index contributed by atoms with van der Waals surface area (Å²) >= 11 is 10.6. The van der Waals surface area contributed by atoms with Gasteiger partial charge in [0.2, 0.25) is 5.91 Å². The molecule has 0 saturated heterocycles. The minimum atomic E-state index is -4.26. The summed E-state index contributed by atoms with van der Waals surface area (Å²) in [4.78, 5) is 29.7. The number of aliphatic hydroxyl groups is 1. The highest BCUT2D eigenvalue weighted by Crippen LogP contribution is 2.28. The lowest BCUT2D eigenvalue weighted by Crippen LogP contribution is -2.42. The third-order valence-electron chi connectivity index (χ3n) is 7.38. The van der Waals surface area contributed by atoms with E-state index < -0.39 is 28.4 Å². The van der Waals surface area contributed by atoms with E-state index in [1.165, 1.54) is 6.07 Å². The van der Waals surface area contributed by atoms with Crippen molar-refractivity contribution in [2.24, 2.45) is 5.92 Å². The third-order valence-corrected chi connectivity index (χ3v) is 9.55. The number of thiol groups is 1. The zero-order valence-corrected chi connectivity index (χ0v) is 27.4. The number of carbonyl (C=O) groups is 2. The standard InChI is InChI=1S/C33H37ClN4O5S2/c1-2-3-13-30-36-32(34)28(21-39)38(30)20-24-14-16-25(17-15-24)27-11-7-8-12-29(27)45(42,43)37-31(40)19-35-33(41)26(22-44)18-23-9-5-4-6-10-23/h4-12,14-17,26,39,44H,2-3,13,18-22H2,1H3,(H,35,41)(H,37,40). The molecular formula is C33H37ClN4O5S2. The molecule has 0 spiro atoms. The average molecular weight is 669 g/mol. The molecule has 3 aromatic carbocycles. The second-order valence-corrected chi connectivity index (χ2v) is 13.0. The zero-order valence-electron chi connectivity index (χ0n) is 24.9. The summed E-state index contributed by atoms with van der Waals surface area (Å²) in [5.74, 6) is -0.651. The molecule has 0 aliphatic rings. The van der Waals surface area contributed by atoms with E-state index in [2.05, 4.69) is 34.6 Å². The number of halogens is 1. The molecule has 12 heteroatoms. The molecule has 45 heavy (non-hydrogen) atoms. The Morgan fingerprint density at radius 3 is 2.36 bits per heavy atom. The maximum Gasteiger partial charge on any atom is 0.264 e. The van der Waals surface area contributed by atoms with Crippen molar-refractivity contribution in [2.75, 3.05) is 12.3 Å². The maximum absolute atomic E-state index is 13.3. The van der Waals surface area contributed by atoms with Gasteiger partial charge < -0.3 is 15.0 Å². The van der Waals surface area contributed by atoms with Crippen molar-refractivity contribution in [3.8, 4) is 11.1 Å². The first kappa shape index (κ1) is 34.2. The van der Waals surface area contributed by atoms with Crippen LogP contribution in [-0.4, -0.2) is 47.2 Å². The minimum Gasteiger partial charge on any atom is -0.390 e. The zero-order chi connectivity index (χ0) is 32.4. The van der Waals surface area contributed by atoms with Crippen LogP contribution in [0.15, 0.2) is 83.8 Å². The molecule has 1 unspecified atom stereocenters. The van der Waals surface area contributed by atoms with Crippen LogP contribution in [0.1, 0.15) is 42.4 Å². The van der Waals surface area contributed by atoms with Crippen molar-refractivity contribution >= 4 is 46.1 Å². The number of aliphatic hydroxyl groups excluding tert-OH is 1. The Morgan fingerprint density at radius 2 is 1.69 bits per heavy atom. The van der Waals surface area contributed by atoms with Gasteiger partial charge in [-0.15, -0.1) is 0 Å². The number of aryl methyl sites for hydroxylation is 1. The number of rotatable bonds is 15. The van der Waals surface area contributed by atoms with E-state index in [1.54, 1.807) is 30.3 Å². The van der Waals surface area contributed by atoms with Gasteiger partial charge in [0.1, 0.15) is 5.82 Å². The monoisotopic (exact) mass is 668 g/mol. The van der Waals surface area contributed by atoms with E-state index >= 15 is 0 Å². The van der Waals surface area contributed by atoms with Gasteiger partial charge in [-0.3, -0.25) is 9.59 Å². The van der Waals surface area contributed by atoms with E-state index in [-0.39, 0.29) is 28.3 Å². The predicted octanol–water partition coefficient (Wildman–Crippen LogP) is 4.80. The van der Waals surface area contributed by atoms with Crippen molar-refractivity contribution in [1.82, 2.24) is 19.6 Å². The average Bonchev–Trinajstić information content (AvgIpc) is 3.35. The summed E-state index contributed by atoms with van der Waals surface area (Å²) in [5, 5.41) is 12.7. The number of hydrogen-bond donors (Lipinski definition) is 4. The van der Waals surface area contributed by atoms with Crippen LogP contribution < -0.4 is 10.0 Å². The summed E-state index contributed by atoms with van der Waals surface area (Å²) in [6.45, 7) is 1.80. The fraction of sp³-hybridized carbons (Fsp3) is 0.303. The van der Waals surface area contributed by atoms with Crippen molar-refractivity contribution in [3.63, 3.8) is 0 Å².